The summed E-state index contributed by atoms with van der Waals surface area (Å²) in [5.41, 5.74) is 3.29. The molecule has 4 nitrogen and oxygen atoms in total. The van der Waals surface area contributed by atoms with Crippen LogP contribution in [0.4, 0.5) is 5.69 Å². The zero-order valence-corrected chi connectivity index (χ0v) is 12.9. The summed E-state index contributed by atoms with van der Waals surface area (Å²) in [6, 6.07) is 11.6. The number of amides is 1. The van der Waals surface area contributed by atoms with E-state index in [9.17, 15) is 4.79 Å². The third kappa shape index (κ3) is 3.04. The Morgan fingerprint density at radius 3 is 2.86 bits per heavy atom. The van der Waals surface area contributed by atoms with Crippen LogP contribution in [-0.4, -0.2) is 15.9 Å². The Hall–Kier alpha value is -2.53. The van der Waals surface area contributed by atoms with E-state index in [2.05, 4.69) is 22.2 Å². The average Bonchev–Trinajstić information content (AvgIpc) is 3.06. The smallest absolute Gasteiger partial charge is 0.275 e. The fraction of sp³-hybridized carbons (Fsp3) is 0.118. The highest BCUT2D eigenvalue weighted by Gasteiger charge is 2.13. The van der Waals surface area contributed by atoms with Gasteiger partial charge in [-0.25, -0.2) is 4.98 Å². The van der Waals surface area contributed by atoms with E-state index < -0.39 is 0 Å². The minimum atomic E-state index is -0.188. The van der Waals surface area contributed by atoms with Crippen molar-refractivity contribution in [2.45, 2.75) is 13.3 Å². The van der Waals surface area contributed by atoms with Crippen molar-refractivity contribution < 1.29 is 4.79 Å². The van der Waals surface area contributed by atoms with Crippen LogP contribution < -0.4 is 5.32 Å². The largest absolute Gasteiger partial charge is 0.320 e. The number of pyridine rings is 1. The van der Waals surface area contributed by atoms with Gasteiger partial charge in [0.1, 0.15) is 10.7 Å². The molecule has 2 aromatic heterocycles. The number of aromatic nitrogens is 2. The van der Waals surface area contributed by atoms with Gasteiger partial charge in [0, 0.05) is 29.0 Å². The zero-order valence-electron chi connectivity index (χ0n) is 12.1. The van der Waals surface area contributed by atoms with Crippen molar-refractivity contribution in [3.63, 3.8) is 0 Å². The standard InChI is InChI=1S/C17H15N3OS/c1-2-12-6-3-4-8-14(12)19-16(21)15-11-22-17(20-15)13-7-5-9-18-10-13/h3-11H,2H2,1H3,(H,19,21). The summed E-state index contributed by atoms with van der Waals surface area (Å²) in [6.07, 6.45) is 4.33. The van der Waals surface area contributed by atoms with Crippen molar-refractivity contribution in [2.75, 3.05) is 5.32 Å². The Labute approximate surface area is 132 Å². The summed E-state index contributed by atoms with van der Waals surface area (Å²) in [4.78, 5) is 20.8. The number of anilines is 1. The Bertz CT molecular complexity index is 783. The maximum Gasteiger partial charge on any atom is 0.275 e. The lowest BCUT2D eigenvalue weighted by molar-refractivity contribution is 0.102. The molecule has 0 bridgehead atoms. The molecule has 0 atom stereocenters. The third-order valence-corrected chi connectivity index (χ3v) is 4.18. The molecule has 3 rings (SSSR count). The summed E-state index contributed by atoms with van der Waals surface area (Å²) in [6.45, 7) is 2.06. The summed E-state index contributed by atoms with van der Waals surface area (Å²) >= 11 is 1.44. The van der Waals surface area contributed by atoms with E-state index in [0.717, 1.165) is 28.2 Å². The Balaban J connectivity index is 1.80. The molecule has 0 aliphatic carbocycles. The molecule has 0 spiro atoms. The van der Waals surface area contributed by atoms with Crippen LogP contribution in [0.25, 0.3) is 10.6 Å². The van der Waals surface area contributed by atoms with E-state index in [1.807, 2.05) is 36.4 Å². The Morgan fingerprint density at radius 2 is 2.09 bits per heavy atom. The molecule has 1 N–H and O–H groups in total. The minimum Gasteiger partial charge on any atom is -0.320 e. The number of hydrogen-bond acceptors (Lipinski definition) is 4. The predicted molar refractivity (Wildman–Crippen MR) is 89.1 cm³/mol. The number of rotatable bonds is 4. The monoisotopic (exact) mass is 309 g/mol. The van der Waals surface area contributed by atoms with Crippen LogP contribution in [0.2, 0.25) is 0 Å². The molecule has 110 valence electrons. The number of hydrogen-bond donors (Lipinski definition) is 1. The molecular weight excluding hydrogens is 294 g/mol. The molecule has 3 aromatic rings. The average molecular weight is 309 g/mol. The van der Waals surface area contributed by atoms with Crippen LogP contribution in [0.5, 0.6) is 0 Å². The lowest BCUT2D eigenvalue weighted by Crippen LogP contribution is -2.13. The van der Waals surface area contributed by atoms with Crippen LogP contribution in [0.15, 0.2) is 54.2 Å². The first-order valence-corrected chi connectivity index (χ1v) is 7.91. The van der Waals surface area contributed by atoms with Gasteiger partial charge in [-0.15, -0.1) is 11.3 Å². The van der Waals surface area contributed by atoms with Gasteiger partial charge in [0.25, 0.3) is 5.91 Å². The number of carbonyl (C=O) groups excluding carboxylic acids is 1. The van der Waals surface area contributed by atoms with E-state index in [1.165, 1.54) is 11.3 Å². The second kappa shape index (κ2) is 6.49. The number of nitrogens with zero attached hydrogens (tertiary/aromatic N) is 2. The van der Waals surface area contributed by atoms with Gasteiger partial charge in [-0.05, 0) is 30.2 Å². The molecule has 0 saturated carbocycles. The van der Waals surface area contributed by atoms with Crippen molar-refractivity contribution in [2.24, 2.45) is 0 Å². The first kappa shape index (κ1) is 14.4. The minimum absolute atomic E-state index is 0.188. The number of benzene rings is 1. The Morgan fingerprint density at radius 1 is 1.23 bits per heavy atom. The van der Waals surface area contributed by atoms with Crippen LogP contribution in [-0.2, 0) is 6.42 Å². The van der Waals surface area contributed by atoms with Crippen LogP contribution in [0.1, 0.15) is 23.0 Å². The van der Waals surface area contributed by atoms with Crippen molar-refractivity contribution >= 4 is 22.9 Å². The first-order valence-electron chi connectivity index (χ1n) is 7.03. The topological polar surface area (TPSA) is 54.9 Å². The van der Waals surface area contributed by atoms with E-state index in [-0.39, 0.29) is 5.91 Å². The fourth-order valence-electron chi connectivity index (χ4n) is 2.14. The molecule has 0 aliphatic heterocycles. The highest BCUT2D eigenvalue weighted by atomic mass is 32.1. The van der Waals surface area contributed by atoms with Crippen molar-refractivity contribution in [1.29, 1.82) is 0 Å². The van der Waals surface area contributed by atoms with E-state index >= 15 is 0 Å². The molecule has 1 aromatic carbocycles. The molecular formula is C17H15N3OS. The maximum atomic E-state index is 12.3. The van der Waals surface area contributed by atoms with Gasteiger partial charge in [0.05, 0.1) is 0 Å². The summed E-state index contributed by atoms with van der Waals surface area (Å²) in [5.74, 6) is -0.188. The third-order valence-electron chi connectivity index (χ3n) is 3.29. The van der Waals surface area contributed by atoms with Gasteiger partial charge in [0.2, 0.25) is 0 Å². The number of thiazole rings is 1. The van der Waals surface area contributed by atoms with Crippen molar-refractivity contribution in [1.82, 2.24) is 9.97 Å². The van der Waals surface area contributed by atoms with Gasteiger partial charge in [-0.1, -0.05) is 25.1 Å². The van der Waals surface area contributed by atoms with E-state index in [1.54, 1.807) is 17.8 Å². The number of aryl methyl sites for hydroxylation is 1. The maximum absolute atomic E-state index is 12.3. The molecule has 22 heavy (non-hydrogen) atoms. The van der Waals surface area contributed by atoms with Crippen molar-refractivity contribution in [3.8, 4) is 10.6 Å². The van der Waals surface area contributed by atoms with Crippen molar-refractivity contribution in [3.05, 3.63) is 65.4 Å². The van der Waals surface area contributed by atoms with Crippen LogP contribution >= 0.6 is 11.3 Å². The Kier molecular flexibility index (Phi) is 4.25. The lowest BCUT2D eigenvalue weighted by Gasteiger charge is -2.08. The molecule has 0 aliphatic rings. The number of nitrogens with one attached hydrogen (secondary N) is 1. The van der Waals surface area contributed by atoms with Gasteiger partial charge in [-0.2, -0.15) is 0 Å². The summed E-state index contributed by atoms with van der Waals surface area (Å²) in [7, 11) is 0. The summed E-state index contributed by atoms with van der Waals surface area (Å²) in [5, 5.41) is 5.50. The normalized spacial score (nSPS) is 10.4. The quantitative estimate of drug-likeness (QED) is 0.792. The second-order valence-electron chi connectivity index (χ2n) is 4.74. The predicted octanol–water partition coefficient (Wildman–Crippen LogP) is 4.02. The SMILES string of the molecule is CCc1ccccc1NC(=O)c1csc(-c2cccnc2)n1. The van der Waals surface area contributed by atoms with Gasteiger partial charge < -0.3 is 5.32 Å². The van der Waals surface area contributed by atoms with Gasteiger partial charge in [-0.3, -0.25) is 9.78 Å². The highest BCUT2D eigenvalue weighted by molar-refractivity contribution is 7.13. The number of para-hydroxylation sites is 1. The molecule has 0 saturated heterocycles. The molecule has 0 fully saturated rings. The van der Waals surface area contributed by atoms with Gasteiger partial charge in [0.15, 0.2) is 0 Å². The summed E-state index contributed by atoms with van der Waals surface area (Å²) < 4.78 is 0. The first-order chi connectivity index (χ1) is 10.8. The lowest BCUT2D eigenvalue weighted by atomic mass is 10.1. The van der Waals surface area contributed by atoms with E-state index in [0.29, 0.717) is 5.69 Å². The number of carbonyl (C=O) groups is 1. The molecule has 1 amide bonds. The second-order valence-corrected chi connectivity index (χ2v) is 5.60. The highest BCUT2D eigenvalue weighted by Crippen LogP contribution is 2.23. The molecule has 0 radical (unpaired) electrons. The van der Waals surface area contributed by atoms with Gasteiger partial charge >= 0.3 is 0 Å². The zero-order chi connectivity index (χ0) is 15.4. The van der Waals surface area contributed by atoms with Crippen LogP contribution in [0.3, 0.4) is 0 Å². The fourth-order valence-corrected chi connectivity index (χ4v) is 2.93. The molecule has 0 unspecified atom stereocenters. The van der Waals surface area contributed by atoms with E-state index in [4.69, 9.17) is 0 Å². The molecule has 5 heteroatoms. The van der Waals surface area contributed by atoms with Crippen LogP contribution in [0, 0.1) is 0 Å². The molecule has 2 heterocycles.